The first-order valence-corrected chi connectivity index (χ1v) is 11.5. The average molecular weight is 522 g/mol. The molecule has 0 radical (unpaired) electrons. The fourth-order valence-corrected chi connectivity index (χ4v) is 4.47. The molecule has 1 aliphatic heterocycles. The van der Waals surface area contributed by atoms with Crippen molar-refractivity contribution in [1.82, 2.24) is 10.2 Å². The van der Waals surface area contributed by atoms with Gasteiger partial charge >= 0.3 is 12.4 Å². The Kier molecular flexibility index (Phi) is 7.89. The zero-order chi connectivity index (χ0) is 26.6. The van der Waals surface area contributed by atoms with Crippen LogP contribution in [0.4, 0.5) is 26.3 Å². The fraction of sp³-hybridized carbons (Fsp3) is 0.296. The number of ether oxygens (including phenoxy) is 1. The third-order valence-electron chi connectivity index (χ3n) is 6.05. The highest BCUT2D eigenvalue weighted by atomic mass is 19.4. The Hall–Kier alpha value is -3.37. The summed E-state index contributed by atoms with van der Waals surface area (Å²) in [7, 11) is 0. The van der Waals surface area contributed by atoms with Crippen molar-refractivity contribution >= 4 is 5.91 Å². The van der Waals surface area contributed by atoms with Crippen LogP contribution in [0.2, 0.25) is 0 Å². The van der Waals surface area contributed by atoms with E-state index in [4.69, 9.17) is 4.74 Å². The summed E-state index contributed by atoms with van der Waals surface area (Å²) in [4.78, 5) is 14.5. The third kappa shape index (κ3) is 6.90. The Morgan fingerprint density at radius 3 is 1.95 bits per heavy atom. The van der Waals surface area contributed by atoms with E-state index in [1.54, 1.807) is 0 Å². The molecule has 3 aromatic carbocycles. The second-order valence-electron chi connectivity index (χ2n) is 8.85. The Morgan fingerprint density at radius 1 is 0.811 bits per heavy atom. The molecule has 0 aliphatic carbocycles. The van der Waals surface area contributed by atoms with E-state index in [-0.39, 0.29) is 36.7 Å². The van der Waals surface area contributed by atoms with Gasteiger partial charge < -0.3 is 10.1 Å². The van der Waals surface area contributed by atoms with Gasteiger partial charge in [0.1, 0.15) is 0 Å². The van der Waals surface area contributed by atoms with Crippen molar-refractivity contribution in [2.45, 2.75) is 37.6 Å². The molecule has 1 aliphatic rings. The lowest BCUT2D eigenvalue weighted by atomic mass is 9.95. The smallest absolute Gasteiger partial charge is 0.375 e. The number of hydrogen-bond donors (Lipinski definition) is 1. The van der Waals surface area contributed by atoms with Crippen LogP contribution in [0.25, 0.3) is 0 Å². The van der Waals surface area contributed by atoms with Gasteiger partial charge in [0.25, 0.3) is 0 Å². The Balaban J connectivity index is 1.55. The number of piperazine rings is 1. The molecule has 1 heterocycles. The first kappa shape index (κ1) is 26.7. The number of nitrogens with zero attached hydrogens (tertiary/aromatic N) is 1. The maximum atomic E-state index is 13.2. The number of amides is 1. The van der Waals surface area contributed by atoms with Crippen molar-refractivity contribution in [3.63, 3.8) is 0 Å². The minimum absolute atomic E-state index is 0.0811. The van der Waals surface area contributed by atoms with Crippen LogP contribution in [-0.4, -0.2) is 30.0 Å². The quantitative estimate of drug-likeness (QED) is 0.388. The number of carbonyl (C=O) groups excluding carboxylic acids is 1. The third-order valence-corrected chi connectivity index (χ3v) is 6.05. The summed E-state index contributed by atoms with van der Waals surface area (Å²) in [5.74, 6) is -0.255. The molecule has 4 nitrogen and oxygen atoms in total. The highest BCUT2D eigenvalue weighted by Crippen LogP contribution is 2.36. The Labute approximate surface area is 209 Å². The van der Waals surface area contributed by atoms with Gasteiger partial charge in [0.05, 0.1) is 43.0 Å². The van der Waals surface area contributed by atoms with E-state index >= 15 is 0 Å². The molecule has 196 valence electrons. The number of benzene rings is 3. The van der Waals surface area contributed by atoms with Crippen molar-refractivity contribution in [2.75, 3.05) is 13.2 Å². The second-order valence-corrected chi connectivity index (χ2v) is 8.85. The minimum atomic E-state index is -4.94. The molecule has 0 spiro atoms. The standard InChI is InChI=1S/C27H24F6N2O2/c28-26(29,30)21-11-19(12-22(13-21)27(31,32)33)16-37-17-23-25(20-9-5-2-6-10-20)35(15-24(36)34-23)14-18-7-3-1-4-8-18/h1-13,23,25H,14-17H2,(H,34,36)/t23-,25+/m0/s1. The van der Waals surface area contributed by atoms with E-state index in [0.717, 1.165) is 11.1 Å². The van der Waals surface area contributed by atoms with E-state index in [1.165, 1.54) is 0 Å². The molecule has 0 aromatic heterocycles. The van der Waals surface area contributed by atoms with Crippen LogP contribution in [-0.2, 0) is 35.0 Å². The van der Waals surface area contributed by atoms with Crippen molar-refractivity contribution in [2.24, 2.45) is 0 Å². The molecule has 0 bridgehead atoms. The minimum Gasteiger partial charge on any atom is -0.375 e. The van der Waals surface area contributed by atoms with Crippen LogP contribution in [0.15, 0.2) is 78.9 Å². The van der Waals surface area contributed by atoms with Gasteiger partial charge in [-0.1, -0.05) is 60.7 Å². The molecule has 1 saturated heterocycles. The fourth-order valence-electron chi connectivity index (χ4n) is 4.47. The highest BCUT2D eigenvalue weighted by molar-refractivity contribution is 5.79. The molecular weight excluding hydrogens is 498 g/mol. The summed E-state index contributed by atoms with van der Waals surface area (Å²) in [5, 5.41) is 2.87. The molecule has 1 amide bonds. The highest BCUT2D eigenvalue weighted by Gasteiger charge is 2.38. The zero-order valence-corrected chi connectivity index (χ0v) is 19.5. The molecule has 10 heteroatoms. The van der Waals surface area contributed by atoms with E-state index < -0.39 is 36.1 Å². The normalized spacial score (nSPS) is 19.0. The molecule has 2 atom stereocenters. The number of hydrogen-bond acceptors (Lipinski definition) is 3. The number of rotatable bonds is 7. The monoisotopic (exact) mass is 522 g/mol. The lowest BCUT2D eigenvalue weighted by Crippen LogP contribution is -2.57. The van der Waals surface area contributed by atoms with Gasteiger partial charge in [-0.05, 0) is 34.9 Å². The number of halogens is 6. The van der Waals surface area contributed by atoms with Crippen LogP contribution in [0, 0.1) is 0 Å². The predicted molar refractivity (Wildman–Crippen MR) is 124 cm³/mol. The first-order chi connectivity index (χ1) is 17.5. The van der Waals surface area contributed by atoms with Crippen LogP contribution < -0.4 is 5.32 Å². The molecule has 3 aromatic rings. The Morgan fingerprint density at radius 2 is 1.38 bits per heavy atom. The topological polar surface area (TPSA) is 41.6 Å². The molecule has 1 N–H and O–H groups in total. The number of carbonyl (C=O) groups is 1. The number of nitrogens with one attached hydrogen (secondary N) is 1. The van der Waals surface area contributed by atoms with E-state index in [1.807, 2.05) is 65.6 Å². The van der Waals surface area contributed by atoms with E-state index in [9.17, 15) is 31.1 Å². The SMILES string of the molecule is O=C1CN(Cc2ccccc2)[C@H](c2ccccc2)[C@H](COCc2cc(C(F)(F)F)cc(C(F)(F)F)c2)N1. The van der Waals surface area contributed by atoms with Crippen molar-refractivity contribution < 1.29 is 35.9 Å². The van der Waals surface area contributed by atoms with Gasteiger partial charge in [0.15, 0.2) is 0 Å². The molecule has 0 unspecified atom stereocenters. The lowest BCUT2D eigenvalue weighted by Gasteiger charge is -2.41. The summed E-state index contributed by atoms with van der Waals surface area (Å²) >= 11 is 0. The van der Waals surface area contributed by atoms with Gasteiger partial charge in [-0.25, -0.2) is 0 Å². The summed E-state index contributed by atoms with van der Waals surface area (Å²) in [6.07, 6.45) is -9.88. The van der Waals surface area contributed by atoms with Gasteiger partial charge in [-0.15, -0.1) is 0 Å². The summed E-state index contributed by atoms with van der Waals surface area (Å²) < 4.78 is 84.8. The van der Waals surface area contributed by atoms with Gasteiger partial charge in [0, 0.05) is 6.54 Å². The molecule has 1 fully saturated rings. The van der Waals surface area contributed by atoms with Crippen LogP contribution in [0.5, 0.6) is 0 Å². The van der Waals surface area contributed by atoms with E-state index in [2.05, 4.69) is 5.32 Å². The van der Waals surface area contributed by atoms with Crippen molar-refractivity contribution in [3.05, 3.63) is 107 Å². The second kappa shape index (κ2) is 10.9. The maximum absolute atomic E-state index is 13.2. The number of alkyl halides is 6. The lowest BCUT2D eigenvalue weighted by molar-refractivity contribution is -0.143. The summed E-state index contributed by atoms with van der Waals surface area (Å²) in [6.45, 7) is -0.0197. The molecule has 37 heavy (non-hydrogen) atoms. The average Bonchev–Trinajstić information content (AvgIpc) is 2.84. The van der Waals surface area contributed by atoms with Crippen LogP contribution in [0.1, 0.15) is 33.9 Å². The van der Waals surface area contributed by atoms with Gasteiger partial charge in [-0.2, -0.15) is 26.3 Å². The van der Waals surface area contributed by atoms with Gasteiger partial charge in [0.2, 0.25) is 5.91 Å². The zero-order valence-electron chi connectivity index (χ0n) is 19.5. The largest absolute Gasteiger partial charge is 0.416 e. The maximum Gasteiger partial charge on any atom is 0.416 e. The molecular formula is C27H24F6N2O2. The van der Waals surface area contributed by atoms with Crippen LogP contribution in [0.3, 0.4) is 0 Å². The summed E-state index contributed by atoms with van der Waals surface area (Å²) in [6, 6.07) is 19.4. The van der Waals surface area contributed by atoms with Crippen molar-refractivity contribution in [1.29, 1.82) is 0 Å². The summed E-state index contributed by atoms with van der Waals surface area (Å²) in [5.41, 5.74) is -1.18. The Bertz CT molecular complexity index is 1170. The van der Waals surface area contributed by atoms with Crippen molar-refractivity contribution in [3.8, 4) is 0 Å². The van der Waals surface area contributed by atoms with Gasteiger partial charge in [-0.3, -0.25) is 9.69 Å². The first-order valence-electron chi connectivity index (χ1n) is 11.5. The molecule has 0 saturated carbocycles. The van der Waals surface area contributed by atoms with E-state index in [0.29, 0.717) is 18.7 Å². The van der Waals surface area contributed by atoms with Crippen LogP contribution >= 0.6 is 0 Å². The predicted octanol–water partition coefficient (Wildman–Crippen LogP) is 5.98. The molecule has 4 rings (SSSR count).